The van der Waals surface area contributed by atoms with Crippen molar-refractivity contribution in [3.05, 3.63) is 65.7 Å². The largest absolute Gasteiger partial charge is 0.444 e. The number of hydrogen-bond donors (Lipinski definition) is 3. The van der Waals surface area contributed by atoms with E-state index in [2.05, 4.69) is 10.6 Å². The van der Waals surface area contributed by atoms with Gasteiger partial charge in [0.15, 0.2) is 0 Å². The molecule has 0 heterocycles. The molecule has 0 spiro atoms. The van der Waals surface area contributed by atoms with Gasteiger partial charge in [0.2, 0.25) is 0 Å². The molecule has 0 saturated heterocycles. The summed E-state index contributed by atoms with van der Waals surface area (Å²) in [4.78, 5) is 36.6. The van der Waals surface area contributed by atoms with Crippen molar-refractivity contribution in [2.45, 2.75) is 32.4 Å². The molecular weight excluding hydrogens is 346 g/mol. The number of anilines is 1. The number of hydrogen-bond acceptors (Lipinski definition) is 4. The van der Waals surface area contributed by atoms with E-state index in [1.807, 2.05) is 0 Å². The van der Waals surface area contributed by atoms with Gasteiger partial charge in [0.1, 0.15) is 11.6 Å². The summed E-state index contributed by atoms with van der Waals surface area (Å²) in [5, 5.41) is 5.22. The summed E-state index contributed by atoms with van der Waals surface area (Å²) in [7, 11) is 0. The number of rotatable bonds is 5. The summed E-state index contributed by atoms with van der Waals surface area (Å²) in [5.41, 5.74) is 5.65. The van der Waals surface area contributed by atoms with E-state index in [9.17, 15) is 14.4 Å². The van der Waals surface area contributed by atoms with Gasteiger partial charge in [-0.25, -0.2) is 4.79 Å². The molecule has 7 nitrogen and oxygen atoms in total. The summed E-state index contributed by atoms with van der Waals surface area (Å²) < 4.78 is 5.25. The second-order valence-electron chi connectivity index (χ2n) is 6.89. The van der Waals surface area contributed by atoms with E-state index in [0.717, 1.165) is 0 Å². The Morgan fingerprint density at radius 3 is 2.15 bits per heavy atom. The van der Waals surface area contributed by atoms with Gasteiger partial charge in [0.25, 0.3) is 11.8 Å². The summed E-state index contributed by atoms with van der Waals surface area (Å²) in [6.45, 7) is 5.19. The molecule has 0 aliphatic rings. The first-order valence-electron chi connectivity index (χ1n) is 8.41. The molecule has 4 N–H and O–H groups in total. The average molecular weight is 369 g/mol. The van der Waals surface area contributed by atoms with Crippen molar-refractivity contribution in [3.63, 3.8) is 0 Å². The number of benzene rings is 2. The number of carbonyl (C=O) groups excluding carboxylic acids is 3. The number of nitrogens with two attached hydrogens (primary N) is 1. The fourth-order valence-corrected chi connectivity index (χ4v) is 2.38. The molecule has 0 aromatic heterocycles. The van der Waals surface area contributed by atoms with Crippen LogP contribution in [-0.4, -0.2) is 23.5 Å². The van der Waals surface area contributed by atoms with E-state index >= 15 is 0 Å². The van der Waals surface area contributed by atoms with Gasteiger partial charge in [-0.05, 0) is 38.5 Å². The third-order valence-corrected chi connectivity index (χ3v) is 3.51. The molecule has 2 aromatic rings. The monoisotopic (exact) mass is 369 g/mol. The van der Waals surface area contributed by atoms with Crippen LogP contribution in [0.5, 0.6) is 0 Å². The van der Waals surface area contributed by atoms with Crippen molar-refractivity contribution in [1.29, 1.82) is 0 Å². The van der Waals surface area contributed by atoms with Crippen LogP contribution in [0.3, 0.4) is 0 Å². The third-order valence-electron chi connectivity index (χ3n) is 3.51. The van der Waals surface area contributed by atoms with Gasteiger partial charge in [-0.1, -0.05) is 42.5 Å². The fourth-order valence-electron chi connectivity index (χ4n) is 2.38. The Labute approximate surface area is 157 Å². The van der Waals surface area contributed by atoms with E-state index in [1.54, 1.807) is 69.3 Å². The number of ether oxygens (including phenoxy) is 1. The maximum atomic E-state index is 12.9. The normalized spacial score (nSPS) is 12.0. The lowest BCUT2D eigenvalue weighted by molar-refractivity contribution is -0.118. The first kappa shape index (κ1) is 20.0. The highest BCUT2D eigenvalue weighted by Crippen LogP contribution is 2.20. The number of amides is 3. The minimum Gasteiger partial charge on any atom is -0.444 e. The molecule has 2 rings (SSSR count). The van der Waals surface area contributed by atoms with Gasteiger partial charge in [-0.2, -0.15) is 0 Å². The van der Waals surface area contributed by atoms with Crippen molar-refractivity contribution in [2.75, 3.05) is 5.32 Å². The number of nitrogens with one attached hydrogen (secondary N) is 2. The first-order chi connectivity index (χ1) is 12.7. The van der Waals surface area contributed by atoms with Gasteiger partial charge >= 0.3 is 6.09 Å². The van der Waals surface area contributed by atoms with Crippen LogP contribution in [-0.2, 0) is 9.53 Å². The van der Waals surface area contributed by atoms with Crippen LogP contribution in [0, 0.1) is 0 Å². The molecule has 0 unspecified atom stereocenters. The number of para-hydroxylation sites is 1. The van der Waals surface area contributed by atoms with E-state index in [1.165, 1.54) is 6.07 Å². The molecule has 0 aliphatic heterocycles. The number of primary amides is 1. The maximum absolute atomic E-state index is 12.9. The van der Waals surface area contributed by atoms with Crippen molar-refractivity contribution in [1.82, 2.24) is 5.32 Å². The molecule has 7 heteroatoms. The highest BCUT2D eigenvalue weighted by atomic mass is 16.6. The van der Waals surface area contributed by atoms with E-state index in [-0.39, 0.29) is 11.3 Å². The standard InChI is InChI=1S/C20H23N3O4/c1-20(2,3)27-19(26)23-16(13-9-5-4-6-10-13)18(25)22-15-12-8-7-11-14(15)17(21)24/h4-12,16H,1-3H3,(H2,21,24)(H,22,25)(H,23,26)/t16-/m0/s1. The summed E-state index contributed by atoms with van der Waals surface area (Å²) in [6.07, 6.45) is -0.727. The van der Waals surface area contributed by atoms with Crippen molar-refractivity contribution in [3.8, 4) is 0 Å². The third kappa shape index (κ3) is 5.85. The van der Waals surface area contributed by atoms with Gasteiger partial charge in [-0.15, -0.1) is 0 Å². The molecule has 0 bridgehead atoms. The van der Waals surface area contributed by atoms with Crippen molar-refractivity contribution in [2.24, 2.45) is 5.73 Å². The quantitative estimate of drug-likeness (QED) is 0.752. The minimum atomic E-state index is -1.01. The van der Waals surface area contributed by atoms with Gasteiger partial charge in [0, 0.05) is 0 Å². The van der Waals surface area contributed by atoms with Crippen LogP contribution in [0.1, 0.15) is 42.7 Å². The smallest absolute Gasteiger partial charge is 0.408 e. The second kappa shape index (κ2) is 8.35. The topological polar surface area (TPSA) is 111 Å². The Morgan fingerprint density at radius 2 is 1.56 bits per heavy atom. The van der Waals surface area contributed by atoms with Crippen LogP contribution >= 0.6 is 0 Å². The minimum absolute atomic E-state index is 0.176. The molecule has 0 saturated carbocycles. The van der Waals surface area contributed by atoms with Crippen LogP contribution in [0.2, 0.25) is 0 Å². The van der Waals surface area contributed by atoms with Gasteiger partial charge in [0.05, 0.1) is 11.3 Å². The maximum Gasteiger partial charge on any atom is 0.408 e. The van der Waals surface area contributed by atoms with Crippen LogP contribution < -0.4 is 16.4 Å². The Balaban J connectivity index is 2.27. The molecule has 27 heavy (non-hydrogen) atoms. The molecule has 2 aromatic carbocycles. The Morgan fingerprint density at radius 1 is 0.963 bits per heavy atom. The first-order valence-corrected chi connectivity index (χ1v) is 8.41. The van der Waals surface area contributed by atoms with Crippen LogP contribution in [0.15, 0.2) is 54.6 Å². The predicted octanol–water partition coefficient (Wildman–Crippen LogP) is 2.99. The molecule has 1 atom stereocenters. The van der Waals surface area contributed by atoms with Gasteiger partial charge < -0.3 is 21.1 Å². The number of alkyl carbamates (subject to hydrolysis) is 1. The lowest BCUT2D eigenvalue weighted by atomic mass is 10.1. The lowest BCUT2D eigenvalue weighted by Gasteiger charge is -2.23. The molecule has 3 amide bonds. The molecular formula is C20H23N3O4. The van der Waals surface area contributed by atoms with E-state index < -0.39 is 29.6 Å². The zero-order valence-corrected chi connectivity index (χ0v) is 15.5. The van der Waals surface area contributed by atoms with Crippen LogP contribution in [0.4, 0.5) is 10.5 Å². The predicted molar refractivity (Wildman–Crippen MR) is 102 cm³/mol. The van der Waals surface area contributed by atoms with Crippen LogP contribution in [0.25, 0.3) is 0 Å². The van der Waals surface area contributed by atoms with Crippen molar-refractivity contribution < 1.29 is 19.1 Å². The van der Waals surface area contributed by atoms with Crippen molar-refractivity contribution >= 4 is 23.6 Å². The summed E-state index contributed by atoms with van der Waals surface area (Å²) >= 11 is 0. The molecule has 0 fully saturated rings. The molecule has 142 valence electrons. The fraction of sp³-hybridized carbons (Fsp3) is 0.250. The summed E-state index contributed by atoms with van der Waals surface area (Å²) in [5.74, 6) is -1.19. The van der Waals surface area contributed by atoms with E-state index in [0.29, 0.717) is 5.56 Å². The molecule has 0 radical (unpaired) electrons. The zero-order valence-electron chi connectivity index (χ0n) is 15.5. The zero-order chi connectivity index (χ0) is 20.0. The average Bonchev–Trinajstić information content (AvgIpc) is 2.59. The second-order valence-corrected chi connectivity index (χ2v) is 6.89. The summed E-state index contributed by atoms with van der Waals surface area (Å²) in [6, 6.07) is 14.1. The Bertz CT molecular complexity index is 829. The molecule has 0 aliphatic carbocycles. The lowest BCUT2D eigenvalue weighted by Crippen LogP contribution is -2.40. The highest BCUT2D eigenvalue weighted by molar-refractivity contribution is 6.04. The Hall–Kier alpha value is -3.35. The van der Waals surface area contributed by atoms with E-state index in [4.69, 9.17) is 10.5 Å². The SMILES string of the molecule is CC(C)(C)OC(=O)N[C@H](C(=O)Nc1ccccc1C(N)=O)c1ccccc1. The van der Waals surface area contributed by atoms with Gasteiger partial charge in [-0.3, -0.25) is 9.59 Å². The highest BCUT2D eigenvalue weighted by Gasteiger charge is 2.26. The Kier molecular flexibility index (Phi) is 6.18. The number of carbonyl (C=O) groups is 3.